The van der Waals surface area contributed by atoms with Crippen molar-refractivity contribution >= 4 is 0 Å². The molecular weight excluding hydrogens is 1080 g/mol. The summed E-state index contributed by atoms with van der Waals surface area (Å²) in [5.41, 5.74) is 0. The van der Waals surface area contributed by atoms with Gasteiger partial charge in [-0.05, 0) is 304 Å². The summed E-state index contributed by atoms with van der Waals surface area (Å²) in [5, 5.41) is 0. The zero-order valence-electron chi connectivity index (χ0n) is 59.2. The molecule has 90 heavy (non-hydrogen) atoms. The summed E-state index contributed by atoms with van der Waals surface area (Å²) in [4.78, 5) is 0. The first-order valence-corrected chi connectivity index (χ1v) is 44.7. The van der Waals surface area contributed by atoms with Crippen LogP contribution in [0.5, 0.6) is 0 Å². The average molecular weight is 1230 g/mol. The van der Waals surface area contributed by atoms with Gasteiger partial charge in [-0.25, -0.2) is 0 Å². The first-order valence-electron chi connectivity index (χ1n) is 44.7. The highest BCUT2D eigenvalue weighted by molar-refractivity contribution is 5.19. The monoisotopic (exact) mass is 1230 g/mol. The van der Waals surface area contributed by atoms with E-state index in [2.05, 4.69) is 0 Å². The van der Waals surface area contributed by atoms with E-state index in [0.717, 1.165) is 201 Å². The van der Waals surface area contributed by atoms with Crippen molar-refractivity contribution in [3.63, 3.8) is 0 Å². The zero-order valence-corrected chi connectivity index (χ0v) is 59.2. The van der Waals surface area contributed by atoms with E-state index < -0.39 is 0 Å². The molecule has 28 atom stereocenters. The molecule has 0 aliphatic heterocycles. The van der Waals surface area contributed by atoms with Gasteiger partial charge < -0.3 is 0 Å². The summed E-state index contributed by atoms with van der Waals surface area (Å²) in [7, 11) is 0. The standard InChI is InChI=1S/C90H146/c1-5-29-57(30-6-1)81-85(77-53-61-37-13-17-41-65(61)69-45-21-25-49-73(69)77)86(78-54-62-38-14-18-42-66(62)70-46-22-26-50-74(70)78)83(59-33-9-3-10-34-59)90-84(60-35-11-4-12-36-60)88(80-56-64-40-16-20-44-68(64)72-48-24-28-52-76(72)80)87(82(89(81)90)58-31-7-2-8-32-58)79-55-63-39-15-19-43-67(63)71-47-23-27-51-75(71)79/h57-90H,1-56H2. The molecule has 0 saturated heterocycles. The van der Waals surface area contributed by atoms with Crippen LogP contribution in [0.15, 0.2) is 0 Å². The Balaban J connectivity index is 0.912. The Morgan fingerprint density at radius 2 is 0.233 bits per heavy atom. The second-order valence-electron chi connectivity index (χ2n) is 40.2. The molecule has 0 spiro atoms. The van der Waals surface area contributed by atoms with E-state index >= 15 is 0 Å². The van der Waals surface area contributed by atoms with Crippen LogP contribution in [0.25, 0.3) is 0 Å². The second kappa shape index (κ2) is 27.6. The lowest BCUT2D eigenvalue weighted by Crippen LogP contribution is -2.69. The van der Waals surface area contributed by atoms with Crippen molar-refractivity contribution < 1.29 is 0 Å². The molecule has 0 aromatic rings. The lowest BCUT2D eigenvalue weighted by atomic mass is 9.31. The van der Waals surface area contributed by atoms with Crippen molar-refractivity contribution in [1.82, 2.24) is 0 Å². The quantitative estimate of drug-likeness (QED) is 0.227. The van der Waals surface area contributed by atoms with Crippen molar-refractivity contribution in [3.05, 3.63) is 0 Å². The summed E-state index contributed by atoms with van der Waals surface area (Å²) < 4.78 is 0. The van der Waals surface area contributed by atoms with Gasteiger partial charge in [-0.2, -0.15) is 0 Å². The van der Waals surface area contributed by atoms with E-state index in [1.165, 1.54) is 0 Å². The Morgan fingerprint density at radius 3 is 0.433 bits per heavy atom. The largest absolute Gasteiger partial charge is 0.0533 e. The van der Waals surface area contributed by atoms with E-state index in [9.17, 15) is 0 Å². The van der Waals surface area contributed by atoms with Crippen molar-refractivity contribution in [2.75, 3.05) is 0 Å². The maximum absolute atomic E-state index is 1.76. The van der Waals surface area contributed by atoms with Gasteiger partial charge >= 0.3 is 0 Å². The summed E-state index contributed by atoms with van der Waals surface area (Å²) >= 11 is 0. The van der Waals surface area contributed by atoms with Gasteiger partial charge in [0.05, 0.1) is 0 Å². The SMILES string of the molecule is C1CCC(C2C(C3CC4CCCCC4C4CCCCC43)C(C3CC4CCCCC4C4CCCCC43)C(C3CCCCC3)C3C(C4CCCCC4)C(C4CC5CCCCC5C5CCCCC54)C(C4CC5CCCCC5C5CCCCC54)C(C4CCCCC4)C23)CC1. The smallest absolute Gasteiger partial charge is 0.0312 e. The van der Waals surface area contributed by atoms with Crippen molar-refractivity contribution in [2.24, 2.45) is 201 Å². The Morgan fingerprint density at radius 1 is 0.0889 bits per heavy atom. The van der Waals surface area contributed by atoms with Crippen LogP contribution in [0.4, 0.5) is 0 Å². The highest BCUT2D eigenvalue weighted by Gasteiger charge is 2.71. The van der Waals surface area contributed by atoms with Crippen LogP contribution in [0.1, 0.15) is 360 Å². The van der Waals surface area contributed by atoms with Gasteiger partial charge in [-0.1, -0.05) is 257 Å². The van der Waals surface area contributed by atoms with Crippen LogP contribution in [-0.4, -0.2) is 0 Å². The van der Waals surface area contributed by atoms with Gasteiger partial charge in [0.25, 0.3) is 0 Å². The van der Waals surface area contributed by atoms with Gasteiger partial charge in [-0.3, -0.25) is 0 Å². The van der Waals surface area contributed by atoms with Gasteiger partial charge in [0.15, 0.2) is 0 Å². The Bertz CT molecular complexity index is 1970. The van der Waals surface area contributed by atoms with Crippen molar-refractivity contribution in [2.45, 2.75) is 360 Å². The molecule has 18 aliphatic carbocycles. The molecule has 18 aliphatic rings. The maximum atomic E-state index is 1.76. The number of rotatable bonds is 8. The molecule has 18 saturated carbocycles. The van der Waals surface area contributed by atoms with Crippen molar-refractivity contribution in [3.8, 4) is 0 Å². The first kappa shape index (κ1) is 62.3. The third-order valence-corrected chi connectivity index (χ3v) is 37.7. The summed E-state index contributed by atoms with van der Waals surface area (Å²) in [6.07, 6.45) is 92.1. The highest BCUT2D eigenvalue weighted by Crippen LogP contribution is 2.77. The van der Waals surface area contributed by atoms with Gasteiger partial charge in [-0.15, -0.1) is 0 Å². The number of hydrogen-bond donors (Lipinski definition) is 0. The fraction of sp³-hybridized carbons (Fsp3) is 1.00. The van der Waals surface area contributed by atoms with E-state index in [-0.39, 0.29) is 0 Å². The minimum absolute atomic E-state index is 1.07. The van der Waals surface area contributed by atoms with E-state index in [1.54, 1.807) is 360 Å². The number of hydrogen-bond acceptors (Lipinski definition) is 0. The predicted octanol–water partition coefficient (Wildman–Crippen LogP) is 26.0. The van der Waals surface area contributed by atoms with Crippen LogP contribution in [0, 0.1) is 201 Å². The molecule has 0 heteroatoms. The molecule has 0 aromatic heterocycles. The van der Waals surface area contributed by atoms with Gasteiger partial charge in [0.2, 0.25) is 0 Å². The van der Waals surface area contributed by atoms with E-state index in [1.807, 2.05) is 0 Å². The minimum atomic E-state index is 1.07. The molecule has 28 unspecified atom stereocenters. The minimum Gasteiger partial charge on any atom is -0.0533 e. The van der Waals surface area contributed by atoms with Crippen molar-refractivity contribution in [1.29, 1.82) is 0 Å². The Hall–Kier alpha value is 0. The third-order valence-electron chi connectivity index (χ3n) is 37.7. The van der Waals surface area contributed by atoms with Gasteiger partial charge in [0.1, 0.15) is 0 Å². The van der Waals surface area contributed by atoms with Crippen LogP contribution in [0.3, 0.4) is 0 Å². The molecule has 0 amide bonds. The fourth-order valence-corrected chi connectivity index (χ4v) is 35.7. The predicted molar refractivity (Wildman–Crippen MR) is 377 cm³/mol. The molecule has 0 heterocycles. The van der Waals surface area contributed by atoms with Gasteiger partial charge in [0, 0.05) is 0 Å². The lowest BCUT2D eigenvalue weighted by Gasteiger charge is -2.73. The fourth-order valence-electron chi connectivity index (χ4n) is 35.7. The van der Waals surface area contributed by atoms with E-state index in [4.69, 9.17) is 0 Å². The molecule has 18 rings (SSSR count). The summed E-state index contributed by atoms with van der Waals surface area (Å²) in [6, 6.07) is 0. The third kappa shape index (κ3) is 11.2. The molecule has 0 bridgehead atoms. The molecular formula is C90H146. The topological polar surface area (TPSA) is 0 Å². The van der Waals surface area contributed by atoms with Crippen LogP contribution >= 0.6 is 0 Å². The summed E-state index contributed by atoms with van der Waals surface area (Å²) in [6.45, 7) is 0. The highest BCUT2D eigenvalue weighted by atomic mass is 14.8. The Labute approximate surface area is 557 Å². The molecule has 0 N–H and O–H groups in total. The van der Waals surface area contributed by atoms with E-state index in [0.29, 0.717) is 0 Å². The molecule has 0 aromatic carbocycles. The molecule has 0 radical (unpaired) electrons. The number of fused-ring (bicyclic) bond motifs is 13. The van der Waals surface area contributed by atoms with Crippen LogP contribution in [-0.2, 0) is 0 Å². The molecule has 18 fully saturated rings. The molecule has 506 valence electrons. The zero-order chi connectivity index (χ0) is 59.2. The maximum Gasteiger partial charge on any atom is -0.0312 e. The normalized spacial score (nSPS) is 53.3. The van der Waals surface area contributed by atoms with Crippen LogP contribution in [0.2, 0.25) is 0 Å². The lowest BCUT2D eigenvalue weighted by molar-refractivity contribution is -0.259. The first-order chi connectivity index (χ1) is 44.7. The van der Waals surface area contributed by atoms with Crippen LogP contribution < -0.4 is 0 Å². The second-order valence-corrected chi connectivity index (χ2v) is 40.2. The Kier molecular flexibility index (Phi) is 19.1. The summed E-state index contributed by atoms with van der Waals surface area (Å²) in [5.74, 6) is 37.2. The molecule has 0 nitrogen and oxygen atoms in total. The average Bonchev–Trinajstić information content (AvgIpc) is 0.683.